The molecule has 0 aromatic heterocycles. The van der Waals surface area contributed by atoms with Gasteiger partial charge in [0.05, 0.1) is 0 Å². The second-order valence-corrected chi connectivity index (χ2v) is 13.9. The Morgan fingerprint density at radius 2 is 0.694 bits per heavy atom. The van der Waals surface area contributed by atoms with Gasteiger partial charge in [0, 0.05) is 0 Å². The van der Waals surface area contributed by atoms with Crippen LogP contribution in [-0.2, 0) is 0 Å². The number of hydrogen-bond acceptors (Lipinski definition) is 0. The molecule has 0 N–H and O–H groups in total. The van der Waals surface area contributed by atoms with Crippen LogP contribution in [0.4, 0.5) is 13.2 Å². The second-order valence-electron chi connectivity index (χ2n) is 11.4. The third-order valence-corrected chi connectivity index (χ3v) is 10.8. The lowest BCUT2D eigenvalue weighted by molar-refractivity contribution is -0.0819. The summed E-state index contributed by atoms with van der Waals surface area (Å²) in [4.78, 5) is 0. The van der Waals surface area contributed by atoms with Crippen LogP contribution in [0.15, 0.2) is 0 Å². The molecule has 0 aliphatic rings. The lowest BCUT2D eigenvalue weighted by Crippen LogP contribution is -2.44. The minimum Gasteiger partial charge on any atom is -0.237 e. The fourth-order valence-corrected chi connectivity index (χ4v) is 8.05. The highest BCUT2D eigenvalue weighted by Crippen LogP contribution is 2.62. The van der Waals surface area contributed by atoms with Crippen molar-refractivity contribution in [2.24, 2.45) is 0 Å². The third-order valence-electron chi connectivity index (χ3n) is 7.85. The Hall–Kier alpha value is 0.220. The van der Waals surface area contributed by atoms with E-state index in [0.717, 1.165) is 70.6 Å². The minimum absolute atomic E-state index is 0.0390. The highest BCUT2D eigenvalue weighted by Gasteiger charge is 2.57. The molecule has 0 saturated heterocycles. The Bertz CT molecular complexity index is 445. The van der Waals surface area contributed by atoms with E-state index in [0.29, 0.717) is 25.2 Å². The van der Waals surface area contributed by atoms with Gasteiger partial charge < -0.3 is 0 Å². The summed E-state index contributed by atoms with van der Waals surface area (Å²) in [5, 5.41) is 0. The van der Waals surface area contributed by atoms with E-state index in [1.165, 1.54) is 57.8 Å². The summed E-state index contributed by atoms with van der Waals surface area (Å²) in [7, 11) is -1.59. The summed E-state index contributed by atoms with van der Waals surface area (Å²) in [6, 6.07) is 0. The van der Waals surface area contributed by atoms with Gasteiger partial charge in [-0.15, -0.1) is 0 Å². The van der Waals surface area contributed by atoms with Crippen molar-refractivity contribution >= 4 is 7.92 Å². The van der Waals surface area contributed by atoms with Crippen LogP contribution >= 0.6 is 7.92 Å². The molecule has 0 saturated carbocycles. The predicted molar refractivity (Wildman–Crippen MR) is 159 cm³/mol. The first-order valence-corrected chi connectivity index (χ1v) is 17.9. The quantitative estimate of drug-likeness (QED) is 0.0689. The van der Waals surface area contributed by atoms with Crippen molar-refractivity contribution in [3.8, 4) is 0 Å². The van der Waals surface area contributed by atoms with Crippen molar-refractivity contribution in [3.05, 3.63) is 0 Å². The van der Waals surface area contributed by atoms with Gasteiger partial charge in [0.15, 0.2) is 5.67 Å². The van der Waals surface area contributed by atoms with E-state index in [2.05, 4.69) is 20.8 Å². The van der Waals surface area contributed by atoms with Gasteiger partial charge in [-0.1, -0.05) is 156 Å². The average Bonchev–Trinajstić information content (AvgIpc) is 2.87. The van der Waals surface area contributed by atoms with Gasteiger partial charge in [0.1, 0.15) is 0 Å². The van der Waals surface area contributed by atoms with E-state index >= 15 is 13.2 Å². The molecular formula is C32H64F3P. The van der Waals surface area contributed by atoms with Gasteiger partial charge in [-0.3, -0.25) is 0 Å². The van der Waals surface area contributed by atoms with Crippen molar-refractivity contribution in [1.29, 1.82) is 0 Å². The van der Waals surface area contributed by atoms with Gasteiger partial charge in [0.2, 0.25) is 0 Å². The zero-order chi connectivity index (χ0) is 27.0. The topological polar surface area (TPSA) is 0 Å². The van der Waals surface area contributed by atoms with Crippen LogP contribution in [0.2, 0.25) is 0 Å². The van der Waals surface area contributed by atoms with Gasteiger partial charge in [-0.05, 0) is 45.9 Å². The lowest BCUT2D eigenvalue weighted by Gasteiger charge is -2.39. The molecule has 218 valence electrons. The highest BCUT2D eigenvalue weighted by atomic mass is 31.1. The molecule has 0 nitrogen and oxygen atoms in total. The molecule has 4 heteroatoms. The molecule has 1 atom stereocenters. The molecule has 0 aromatic rings. The van der Waals surface area contributed by atoms with Crippen LogP contribution in [0.5, 0.6) is 0 Å². The number of rotatable bonds is 28. The SMILES string of the molecule is CCCCCCCCCCCCCCC(F)(CCCC)C(F)(F)P(CCCCCC)CCCCCC. The van der Waals surface area contributed by atoms with Crippen molar-refractivity contribution in [2.45, 2.75) is 193 Å². The van der Waals surface area contributed by atoms with E-state index in [1.807, 2.05) is 6.92 Å². The van der Waals surface area contributed by atoms with Crippen LogP contribution in [0.3, 0.4) is 0 Å². The third kappa shape index (κ3) is 16.9. The molecule has 0 aliphatic heterocycles. The molecule has 0 spiro atoms. The summed E-state index contributed by atoms with van der Waals surface area (Å²) in [6.45, 7) is 8.53. The second kappa shape index (κ2) is 24.3. The van der Waals surface area contributed by atoms with E-state index in [9.17, 15) is 0 Å². The fraction of sp³-hybridized carbons (Fsp3) is 1.00. The monoisotopic (exact) mass is 536 g/mol. The lowest BCUT2D eigenvalue weighted by atomic mass is 9.92. The number of hydrogen-bond donors (Lipinski definition) is 0. The molecule has 1 unspecified atom stereocenters. The molecule has 0 aromatic carbocycles. The van der Waals surface area contributed by atoms with E-state index in [4.69, 9.17) is 0 Å². The predicted octanol–water partition coefficient (Wildman–Crippen LogP) is 13.2. The van der Waals surface area contributed by atoms with Crippen molar-refractivity contribution in [1.82, 2.24) is 0 Å². The Morgan fingerprint density at radius 1 is 0.389 bits per heavy atom. The standard InChI is InChI=1S/C32H64F3P/c1-5-9-13-16-17-18-19-20-21-22-23-24-28-31(33,27-12-8-4)32(34,35)36(29-25-14-10-6-2)30-26-15-11-7-3/h5-30H2,1-4H3. The molecule has 0 fully saturated rings. The zero-order valence-corrected chi connectivity index (χ0v) is 25.9. The van der Waals surface area contributed by atoms with Crippen LogP contribution in [-0.4, -0.2) is 23.7 Å². The molecule has 0 aliphatic carbocycles. The Kier molecular flexibility index (Phi) is 24.4. The largest absolute Gasteiger partial charge is 0.297 e. The minimum atomic E-state index is -3.15. The number of alkyl halides is 3. The van der Waals surface area contributed by atoms with Gasteiger partial charge >= 0.3 is 0 Å². The molecule has 0 rings (SSSR count). The van der Waals surface area contributed by atoms with Gasteiger partial charge in [-0.25, -0.2) is 4.39 Å². The van der Waals surface area contributed by atoms with Crippen molar-refractivity contribution in [2.75, 3.05) is 12.3 Å². The summed E-state index contributed by atoms with van der Waals surface area (Å²) < 4.78 is 48.1. The van der Waals surface area contributed by atoms with Crippen molar-refractivity contribution in [3.63, 3.8) is 0 Å². The number of unbranched alkanes of at least 4 members (excludes halogenated alkanes) is 18. The molecule has 0 heterocycles. The Morgan fingerprint density at radius 3 is 1.08 bits per heavy atom. The highest BCUT2D eigenvalue weighted by molar-refractivity contribution is 7.59. The van der Waals surface area contributed by atoms with Crippen LogP contribution in [0.25, 0.3) is 0 Å². The molecule has 0 bridgehead atoms. The molecular weight excluding hydrogens is 472 g/mol. The summed E-state index contributed by atoms with van der Waals surface area (Å²) in [5.74, 6) is 0. The maximum Gasteiger partial charge on any atom is 0.297 e. The van der Waals surface area contributed by atoms with Gasteiger partial charge in [-0.2, -0.15) is 8.78 Å². The van der Waals surface area contributed by atoms with Crippen LogP contribution < -0.4 is 0 Å². The first-order chi connectivity index (χ1) is 17.4. The van der Waals surface area contributed by atoms with Crippen molar-refractivity contribution < 1.29 is 13.2 Å². The normalized spacial score (nSPS) is 14.0. The maximum absolute atomic E-state index is 16.2. The van der Waals surface area contributed by atoms with E-state index < -0.39 is 19.3 Å². The molecule has 0 amide bonds. The maximum atomic E-state index is 16.2. The van der Waals surface area contributed by atoms with Crippen LogP contribution in [0.1, 0.15) is 182 Å². The summed E-state index contributed by atoms with van der Waals surface area (Å²) in [6.07, 6.45) is 24.9. The average molecular weight is 537 g/mol. The summed E-state index contributed by atoms with van der Waals surface area (Å²) >= 11 is 0. The Balaban J connectivity index is 4.71. The van der Waals surface area contributed by atoms with Gasteiger partial charge in [0.25, 0.3) is 5.66 Å². The van der Waals surface area contributed by atoms with Crippen LogP contribution in [0, 0.1) is 0 Å². The van der Waals surface area contributed by atoms with E-state index in [-0.39, 0.29) is 12.8 Å². The molecule has 36 heavy (non-hydrogen) atoms. The summed E-state index contributed by atoms with van der Waals surface area (Å²) in [5.41, 5.74) is -5.45. The first-order valence-electron chi connectivity index (χ1n) is 16.2. The molecule has 0 radical (unpaired) electrons. The smallest absolute Gasteiger partial charge is 0.237 e. The zero-order valence-electron chi connectivity index (χ0n) is 25.0. The first kappa shape index (κ1) is 36.2. The van der Waals surface area contributed by atoms with E-state index in [1.54, 1.807) is 0 Å². The Labute approximate surface area is 226 Å². The number of halogens is 3. The fourth-order valence-electron chi connectivity index (χ4n) is 5.26.